The third kappa shape index (κ3) is 2.11. The maximum absolute atomic E-state index is 12.5. The number of carbonyl (C=O) groups excluding carboxylic acids is 2. The second kappa shape index (κ2) is 5.38. The van der Waals surface area contributed by atoms with Crippen LogP contribution in [0.25, 0.3) is 0 Å². The van der Waals surface area contributed by atoms with E-state index in [0.29, 0.717) is 6.42 Å². The Morgan fingerprint density at radius 3 is 2.64 bits per heavy atom. The zero-order valence-electron chi connectivity index (χ0n) is 13.2. The van der Waals surface area contributed by atoms with E-state index < -0.39 is 11.4 Å². The van der Waals surface area contributed by atoms with Crippen LogP contribution < -0.4 is 0 Å². The number of Topliss-reactive ketones (excluding diaryl/α,β-unsaturated/α-hetero) is 1. The molecule has 0 bridgehead atoms. The van der Waals surface area contributed by atoms with Crippen molar-refractivity contribution in [3.63, 3.8) is 0 Å². The van der Waals surface area contributed by atoms with Gasteiger partial charge in [0.05, 0.1) is 7.11 Å². The summed E-state index contributed by atoms with van der Waals surface area (Å²) in [5.74, 6) is -0.355. The maximum atomic E-state index is 12.5. The van der Waals surface area contributed by atoms with Gasteiger partial charge in [-0.15, -0.1) is 0 Å². The third-order valence-electron chi connectivity index (χ3n) is 5.40. The van der Waals surface area contributed by atoms with Crippen molar-refractivity contribution in [2.45, 2.75) is 38.0 Å². The topological polar surface area (TPSA) is 43.4 Å². The first kappa shape index (κ1) is 15.0. The van der Waals surface area contributed by atoms with Crippen LogP contribution in [0.5, 0.6) is 0 Å². The van der Waals surface area contributed by atoms with Crippen molar-refractivity contribution < 1.29 is 14.3 Å². The Morgan fingerprint density at radius 1 is 1.23 bits per heavy atom. The molecule has 0 saturated heterocycles. The lowest BCUT2D eigenvalue weighted by Crippen LogP contribution is -2.51. The summed E-state index contributed by atoms with van der Waals surface area (Å²) in [6.45, 7) is 2.18. The normalized spacial score (nSPS) is 34.1. The van der Waals surface area contributed by atoms with Gasteiger partial charge in [-0.25, -0.2) is 0 Å². The van der Waals surface area contributed by atoms with Crippen molar-refractivity contribution in [1.82, 2.24) is 0 Å². The maximum Gasteiger partial charge on any atom is 0.323 e. The first-order chi connectivity index (χ1) is 10.5. The predicted molar refractivity (Wildman–Crippen MR) is 84.3 cm³/mol. The van der Waals surface area contributed by atoms with Gasteiger partial charge in [-0.2, -0.15) is 0 Å². The van der Waals surface area contributed by atoms with E-state index in [4.69, 9.17) is 4.74 Å². The first-order valence-electron chi connectivity index (χ1n) is 7.90. The highest BCUT2D eigenvalue weighted by atomic mass is 16.5. The fourth-order valence-corrected chi connectivity index (χ4v) is 4.11. The Balaban J connectivity index is 2.06. The molecule has 0 amide bonds. The number of ether oxygens (including phenoxy) is 1. The molecule has 0 heterocycles. The van der Waals surface area contributed by atoms with Gasteiger partial charge in [0.1, 0.15) is 5.41 Å². The van der Waals surface area contributed by atoms with Gasteiger partial charge in [-0.1, -0.05) is 49.4 Å². The number of methoxy groups -OCH3 is 1. The van der Waals surface area contributed by atoms with E-state index in [1.807, 2.05) is 30.4 Å². The molecule has 116 valence electrons. The molecule has 0 aliphatic heterocycles. The van der Waals surface area contributed by atoms with Crippen LogP contribution in [0.3, 0.4) is 0 Å². The molecule has 0 aromatic heterocycles. The van der Waals surface area contributed by atoms with Gasteiger partial charge >= 0.3 is 5.97 Å². The number of benzene rings is 1. The minimum absolute atomic E-state index is 0.0157. The SMILES string of the molecule is COC(=O)[C@]12C=C[C@](C)(c3ccccc3)C[C@H]1CCCC2=O. The molecule has 2 aliphatic rings. The number of fused-ring (bicyclic) bond motifs is 1. The molecule has 3 heteroatoms. The van der Waals surface area contributed by atoms with E-state index in [0.717, 1.165) is 19.3 Å². The van der Waals surface area contributed by atoms with Crippen LogP contribution >= 0.6 is 0 Å². The van der Waals surface area contributed by atoms with Crippen LogP contribution in [0.4, 0.5) is 0 Å². The fourth-order valence-electron chi connectivity index (χ4n) is 4.11. The largest absolute Gasteiger partial charge is 0.468 e. The van der Waals surface area contributed by atoms with E-state index in [-0.39, 0.29) is 17.1 Å². The molecular formula is C19H22O3. The number of allylic oxidation sites excluding steroid dienone is 1. The molecule has 1 fully saturated rings. The smallest absolute Gasteiger partial charge is 0.323 e. The molecule has 0 spiro atoms. The summed E-state index contributed by atoms with van der Waals surface area (Å²) in [5.41, 5.74) is 0.0327. The van der Waals surface area contributed by atoms with Crippen molar-refractivity contribution in [3.05, 3.63) is 48.0 Å². The first-order valence-corrected chi connectivity index (χ1v) is 7.90. The second-order valence-corrected chi connectivity index (χ2v) is 6.69. The average Bonchev–Trinajstić information content (AvgIpc) is 2.55. The van der Waals surface area contributed by atoms with Crippen molar-refractivity contribution >= 4 is 11.8 Å². The summed E-state index contributed by atoms with van der Waals surface area (Å²) < 4.78 is 4.98. The highest BCUT2D eigenvalue weighted by Crippen LogP contribution is 2.51. The van der Waals surface area contributed by atoms with Gasteiger partial charge in [0.25, 0.3) is 0 Å². The number of carbonyl (C=O) groups is 2. The van der Waals surface area contributed by atoms with Crippen molar-refractivity contribution in [2.24, 2.45) is 11.3 Å². The van der Waals surface area contributed by atoms with E-state index in [9.17, 15) is 9.59 Å². The van der Waals surface area contributed by atoms with E-state index in [1.165, 1.54) is 12.7 Å². The summed E-state index contributed by atoms with van der Waals surface area (Å²) in [5, 5.41) is 0. The molecule has 3 nitrogen and oxygen atoms in total. The fraction of sp³-hybridized carbons (Fsp3) is 0.474. The van der Waals surface area contributed by atoms with Gasteiger partial charge < -0.3 is 4.74 Å². The van der Waals surface area contributed by atoms with Crippen LogP contribution in [0, 0.1) is 11.3 Å². The number of ketones is 1. The lowest BCUT2D eigenvalue weighted by atomic mass is 9.56. The minimum Gasteiger partial charge on any atom is -0.468 e. The van der Waals surface area contributed by atoms with Gasteiger partial charge in [0, 0.05) is 11.8 Å². The quantitative estimate of drug-likeness (QED) is 0.477. The average molecular weight is 298 g/mol. The monoisotopic (exact) mass is 298 g/mol. The van der Waals surface area contributed by atoms with E-state index in [1.54, 1.807) is 0 Å². The lowest BCUT2D eigenvalue weighted by molar-refractivity contribution is -0.161. The number of hydrogen-bond acceptors (Lipinski definition) is 3. The Hall–Kier alpha value is -1.90. The van der Waals surface area contributed by atoms with E-state index >= 15 is 0 Å². The van der Waals surface area contributed by atoms with Crippen molar-refractivity contribution in [1.29, 1.82) is 0 Å². The van der Waals surface area contributed by atoms with Crippen LogP contribution in [0.1, 0.15) is 38.2 Å². The zero-order valence-corrected chi connectivity index (χ0v) is 13.2. The van der Waals surface area contributed by atoms with Crippen LogP contribution in [-0.2, 0) is 19.7 Å². The molecule has 3 rings (SSSR count). The number of esters is 1. The van der Waals surface area contributed by atoms with Crippen molar-refractivity contribution in [2.75, 3.05) is 7.11 Å². The summed E-state index contributed by atoms with van der Waals surface area (Å²) in [6, 6.07) is 10.3. The summed E-state index contributed by atoms with van der Waals surface area (Å²) in [7, 11) is 1.37. The highest BCUT2D eigenvalue weighted by molar-refractivity contribution is 6.07. The zero-order chi connectivity index (χ0) is 15.8. The predicted octanol–water partition coefficient (Wildman–Crippen LogP) is 3.43. The van der Waals surface area contributed by atoms with Gasteiger partial charge in [-0.3, -0.25) is 9.59 Å². The highest BCUT2D eigenvalue weighted by Gasteiger charge is 2.56. The van der Waals surface area contributed by atoms with Gasteiger partial charge in [0.2, 0.25) is 0 Å². The molecule has 0 N–H and O–H groups in total. The third-order valence-corrected chi connectivity index (χ3v) is 5.40. The molecule has 2 aliphatic carbocycles. The number of hydrogen-bond donors (Lipinski definition) is 0. The molecule has 1 saturated carbocycles. The minimum atomic E-state index is -1.05. The van der Waals surface area contributed by atoms with Crippen LogP contribution in [-0.4, -0.2) is 18.9 Å². The molecule has 1 aromatic carbocycles. The van der Waals surface area contributed by atoms with Gasteiger partial charge in [-0.05, 0) is 30.7 Å². The Morgan fingerprint density at radius 2 is 1.95 bits per heavy atom. The molecular weight excluding hydrogens is 276 g/mol. The lowest BCUT2D eigenvalue weighted by Gasteiger charge is -2.46. The standard InChI is InChI=1S/C19H22O3/c1-18(14-7-4-3-5-8-14)11-12-19(17(21)22-2)15(13-18)9-6-10-16(19)20/h3-5,7-8,11-12,15H,6,9-10,13H2,1-2H3/t15-,18+,19-/m1/s1. The van der Waals surface area contributed by atoms with E-state index in [2.05, 4.69) is 19.1 Å². The second-order valence-electron chi connectivity index (χ2n) is 6.69. The number of rotatable bonds is 2. The Labute approximate surface area is 131 Å². The van der Waals surface area contributed by atoms with Crippen molar-refractivity contribution in [3.8, 4) is 0 Å². The Kier molecular flexibility index (Phi) is 3.67. The molecule has 3 atom stereocenters. The molecule has 22 heavy (non-hydrogen) atoms. The van der Waals surface area contributed by atoms with Gasteiger partial charge in [0.15, 0.2) is 5.78 Å². The molecule has 0 radical (unpaired) electrons. The molecule has 1 aromatic rings. The van der Waals surface area contributed by atoms with Crippen LogP contribution in [0.15, 0.2) is 42.5 Å². The summed E-state index contributed by atoms with van der Waals surface area (Å²) in [6.07, 6.45) is 6.90. The summed E-state index contributed by atoms with van der Waals surface area (Å²) in [4.78, 5) is 24.9. The molecule has 0 unspecified atom stereocenters. The Bertz CT molecular complexity index is 609. The summed E-state index contributed by atoms with van der Waals surface area (Å²) >= 11 is 0. The van der Waals surface area contributed by atoms with Crippen LogP contribution in [0.2, 0.25) is 0 Å².